The molecular weight excluding hydrogens is 277 g/mol. The Balaban J connectivity index is 2.02. The van der Waals surface area contributed by atoms with Crippen molar-refractivity contribution >= 4 is 28.9 Å². The molecule has 0 bridgehead atoms. The molecule has 0 heterocycles. The number of hydrogen-bond acceptors (Lipinski definition) is 1. The topological polar surface area (TPSA) is 12.0 Å². The predicted molar refractivity (Wildman–Crippen MR) is 84.4 cm³/mol. The molecule has 0 aliphatic rings. The monoisotopic (exact) mass is 293 g/mol. The third-order valence-electron chi connectivity index (χ3n) is 3.06. The van der Waals surface area contributed by atoms with Crippen LogP contribution in [0.15, 0.2) is 42.5 Å². The van der Waals surface area contributed by atoms with Crippen LogP contribution in [-0.2, 0) is 6.42 Å². The molecular formula is C16H17Cl2N. The van der Waals surface area contributed by atoms with Crippen molar-refractivity contribution in [1.29, 1.82) is 0 Å². The van der Waals surface area contributed by atoms with Gasteiger partial charge in [0.1, 0.15) is 0 Å². The highest BCUT2D eigenvalue weighted by atomic mass is 35.5. The number of nitrogens with one attached hydrogen (secondary N) is 1. The standard InChI is InChI=1S/C16H17Cl2N/c1-11-3-6-15(18)10-16(11)19-12(2)9-13-4-7-14(17)8-5-13/h3-8,10,12,19H,9H2,1-2H3. The second-order valence-electron chi connectivity index (χ2n) is 4.84. The molecule has 1 nitrogen and oxygen atoms in total. The lowest BCUT2D eigenvalue weighted by Crippen LogP contribution is -2.18. The van der Waals surface area contributed by atoms with E-state index in [0.29, 0.717) is 6.04 Å². The van der Waals surface area contributed by atoms with Gasteiger partial charge in [0.2, 0.25) is 0 Å². The molecule has 1 unspecified atom stereocenters. The Morgan fingerprint density at radius 2 is 1.63 bits per heavy atom. The van der Waals surface area contributed by atoms with Gasteiger partial charge in [-0.1, -0.05) is 41.4 Å². The molecule has 0 aliphatic carbocycles. The van der Waals surface area contributed by atoms with Crippen molar-refractivity contribution < 1.29 is 0 Å². The minimum atomic E-state index is 0.332. The van der Waals surface area contributed by atoms with Crippen molar-refractivity contribution in [2.75, 3.05) is 5.32 Å². The molecule has 3 heteroatoms. The summed E-state index contributed by atoms with van der Waals surface area (Å²) in [4.78, 5) is 0. The number of aryl methyl sites for hydroxylation is 1. The first-order chi connectivity index (χ1) is 9.04. The molecule has 0 aromatic heterocycles. The summed E-state index contributed by atoms with van der Waals surface area (Å²) >= 11 is 11.9. The zero-order valence-electron chi connectivity index (χ0n) is 11.1. The molecule has 0 fully saturated rings. The van der Waals surface area contributed by atoms with Gasteiger partial charge in [0.05, 0.1) is 0 Å². The van der Waals surface area contributed by atoms with Crippen LogP contribution in [0.3, 0.4) is 0 Å². The first kappa shape index (κ1) is 14.2. The van der Waals surface area contributed by atoms with E-state index >= 15 is 0 Å². The van der Waals surface area contributed by atoms with Crippen molar-refractivity contribution in [3.63, 3.8) is 0 Å². The summed E-state index contributed by atoms with van der Waals surface area (Å²) in [7, 11) is 0. The van der Waals surface area contributed by atoms with Crippen molar-refractivity contribution in [3.05, 3.63) is 63.6 Å². The first-order valence-electron chi connectivity index (χ1n) is 6.32. The minimum absolute atomic E-state index is 0.332. The van der Waals surface area contributed by atoms with Crippen LogP contribution < -0.4 is 5.32 Å². The summed E-state index contributed by atoms with van der Waals surface area (Å²) < 4.78 is 0. The first-order valence-corrected chi connectivity index (χ1v) is 7.07. The number of rotatable bonds is 4. The summed E-state index contributed by atoms with van der Waals surface area (Å²) in [6, 6.07) is 14.2. The lowest BCUT2D eigenvalue weighted by atomic mass is 10.1. The molecule has 0 saturated heterocycles. The fourth-order valence-electron chi connectivity index (χ4n) is 2.04. The van der Waals surface area contributed by atoms with Crippen LogP contribution in [0.25, 0.3) is 0 Å². The molecule has 100 valence electrons. The molecule has 1 N–H and O–H groups in total. The second-order valence-corrected chi connectivity index (χ2v) is 5.71. The lowest BCUT2D eigenvalue weighted by molar-refractivity contribution is 0.789. The maximum Gasteiger partial charge on any atom is 0.0426 e. The Morgan fingerprint density at radius 3 is 2.32 bits per heavy atom. The third kappa shape index (κ3) is 4.15. The van der Waals surface area contributed by atoms with Crippen molar-refractivity contribution in [2.24, 2.45) is 0 Å². The average molecular weight is 294 g/mol. The van der Waals surface area contributed by atoms with Crippen LogP contribution in [-0.4, -0.2) is 6.04 Å². The van der Waals surface area contributed by atoms with Crippen molar-refractivity contribution in [3.8, 4) is 0 Å². The van der Waals surface area contributed by atoms with Gasteiger partial charge in [-0.15, -0.1) is 0 Å². The number of halogens is 2. The zero-order chi connectivity index (χ0) is 13.8. The van der Waals surface area contributed by atoms with Gasteiger partial charge in [-0.25, -0.2) is 0 Å². The molecule has 0 spiro atoms. The number of benzene rings is 2. The van der Waals surface area contributed by atoms with E-state index in [2.05, 4.69) is 31.3 Å². The van der Waals surface area contributed by atoms with Gasteiger partial charge < -0.3 is 5.32 Å². The van der Waals surface area contributed by atoms with Crippen LogP contribution in [0.2, 0.25) is 10.0 Å². The Morgan fingerprint density at radius 1 is 1.00 bits per heavy atom. The van der Waals surface area contributed by atoms with E-state index in [0.717, 1.165) is 22.2 Å². The normalized spacial score (nSPS) is 12.2. The highest BCUT2D eigenvalue weighted by molar-refractivity contribution is 6.31. The van der Waals surface area contributed by atoms with Gasteiger partial charge in [0.15, 0.2) is 0 Å². The van der Waals surface area contributed by atoms with Gasteiger partial charge in [-0.2, -0.15) is 0 Å². The SMILES string of the molecule is Cc1ccc(Cl)cc1NC(C)Cc1ccc(Cl)cc1. The maximum absolute atomic E-state index is 6.02. The van der Waals surface area contributed by atoms with E-state index in [4.69, 9.17) is 23.2 Å². The van der Waals surface area contributed by atoms with Gasteiger partial charge in [0, 0.05) is 21.8 Å². The molecule has 0 amide bonds. The van der Waals surface area contributed by atoms with Gasteiger partial charge in [0.25, 0.3) is 0 Å². The smallest absolute Gasteiger partial charge is 0.0426 e. The number of hydrogen-bond donors (Lipinski definition) is 1. The van der Waals surface area contributed by atoms with E-state index in [9.17, 15) is 0 Å². The van der Waals surface area contributed by atoms with E-state index in [1.54, 1.807) is 0 Å². The van der Waals surface area contributed by atoms with Crippen LogP contribution in [0.1, 0.15) is 18.1 Å². The molecule has 19 heavy (non-hydrogen) atoms. The summed E-state index contributed by atoms with van der Waals surface area (Å²) in [5.74, 6) is 0. The maximum atomic E-state index is 6.02. The molecule has 0 radical (unpaired) electrons. The second kappa shape index (κ2) is 6.31. The molecule has 0 aliphatic heterocycles. The minimum Gasteiger partial charge on any atom is -0.382 e. The Kier molecular flexibility index (Phi) is 4.73. The van der Waals surface area contributed by atoms with Crippen LogP contribution in [0.4, 0.5) is 5.69 Å². The van der Waals surface area contributed by atoms with Gasteiger partial charge >= 0.3 is 0 Å². The summed E-state index contributed by atoms with van der Waals surface area (Å²) in [6.07, 6.45) is 0.948. The Hall–Kier alpha value is -1.18. The fourth-order valence-corrected chi connectivity index (χ4v) is 2.34. The summed E-state index contributed by atoms with van der Waals surface area (Å²) in [6.45, 7) is 4.24. The summed E-state index contributed by atoms with van der Waals surface area (Å²) in [5.41, 5.74) is 3.56. The van der Waals surface area contributed by atoms with Crippen molar-refractivity contribution in [2.45, 2.75) is 26.3 Å². The molecule has 2 aromatic carbocycles. The van der Waals surface area contributed by atoms with Crippen molar-refractivity contribution in [1.82, 2.24) is 0 Å². The van der Waals surface area contributed by atoms with Gasteiger partial charge in [-0.05, 0) is 55.7 Å². The Labute approximate surface area is 124 Å². The molecule has 0 saturated carbocycles. The van der Waals surface area contributed by atoms with Crippen LogP contribution in [0, 0.1) is 6.92 Å². The van der Waals surface area contributed by atoms with E-state index < -0.39 is 0 Å². The predicted octanol–water partition coefficient (Wildman–Crippen LogP) is 5.34. The fraction of sp³-hybridized carbons (Fsp3) is 0.250. The van der Waals surface area contributed by atoms with Crippen LogP contribution >= 0.6 is 23.2 Å². The largest absolute Gasteiger partial charge is 0.382 e. The molecule has 1 atom stereocenters. The third-order valence-corrected chi connectivity index (χ3v) is 3.54. The highest BCUT2D eigenvalue weighted by Crippen LogP contribution is 2.21. The highest BCUT2D eigenvalue weighted by Gasteiger charge is 2.06. The molecule has 2 aromatic rings. The zero-order valence-corrected chi connectivity index (χ0v) is 12.6. The lowest BCUT2D eigenvalue weighted by Gasteiger charge is -2.17. The van der Waals surface area contributed by atoms with Gasteiger partial charge in [-0.3, -0.25) is 0 Å². The number of anilines is 1. The van der Waals surface area contributed by atoms with E-state index in [-0.39, 0.29) is 0 Å². The average Bonchev–Trinajstić information content (AvgIpc) is 2.37. The van der Waals surface area contributed by atoms with Crippen LogP contribution in [0.5, 0.6) is 0 Å². The van der Waals surface area contributed by atoms with E-state index in [1.165, 1.54) is 11.1 Å². The quantitative estimate of drug-likeness (QED) is 0.802. The Bertz CT molecular complexity index is 549. The summed E-state index contributed by atoms with van der Waals surface area (Å²) in [5, 5.41) is 5.03. The molecule has 2 rings (SSSR count). The van der Waals surface area contributed by atoms with E-state index in [1.807, 2.05) is 30.3 Å².